The molecule has 0 saturated carbocycles. The van der Waals surface area contributed by atoms with E-state index in [1.54, 1.807) is 0 Å². The molecule has 0 fully saturated rings. The van der Waals surface area contributed by atoms with Gasteiger partial charge in [-0.15, -0.1) is 0 Å². The fraction of sp³-hybridized carbons (Fsp3) is 1.00. The zero-order valence-electron chi connectivity index (χ0n) is 10.00. The summed E-state index contributed by atoms with van der Waals surface area (Å²) in [5.74, 6) is 0. The lowest BCUT2D eigenvalue weighted by Crippen LogP contribution is -2.11. The minimum absolute atomic E-state index is 0. The zero-order valence-corrected chi connectivity index (χ0v) is 10.00. The topological polar surface area (TPSA) is 71.9 Å². The van der Waals surface area contributed by atoms with Gasteiger partial charge in [0.05, 0.1) is 39.6 Å². The summed E-state index contributed by atoms with van der Waals surface area (Å²) in [6.45, 7) is 9.28. The minimum atomic E-state index is 0. The molecule has 0 spiro atoms. The molecule has 0 radical (unpaired) electrons. The van der Waals surface area contributed by atoms with Crippen LogP contribution in [0.3, 0.4) is 0 Å². The van der Waals surface area contributed by atoms with Crippen molar-refractivity contribution in [1.82, 2.24) is 6.15 Å². The summed E-state index contributed by atoms with van der Waals surface area (Å²) < 4.78 is 20.7. The molecule has 0 unspecified atom stereocenters. The van der Waals surface area contributed by atoms with Crippen molar-refractivity contribution in [3.05, 3.63) is 0 Å². The Labute approximate surface area is 92.6 Å². The SMILES string of the molecule is CCOCCOCCOCCOCC.N. The molecule has 0 saturated heterocycles. The average molecular weight is 223 g/mol. The molecule has 0 atom stereocenters. The van der Waals surface area contributed by atoms with E-state index in [9.17, 15) is 0 Å². The third-order valence-corrected chi connectivity index (χ3v) is 1.52. The first kappa shape index (κ1) is 17.2. The van der Waals surface area contributed by atoms with Crippen LogP contribution in [0, 0.1) is 0 Å². The Morgan fingerprint density at radius 3 is 1.07 bits per heavy atom. The van der Waals surface area contributed by atoms with E-state index >= 15 is 0 Å². The molecular weight excluding hydrogens is 198 g/mol. The Bertz CT molecular complexity index is 91.4. The third-order valence-electron chi connectivity index (χ3n) is 1.52. The summed E-state index contributed by atoms with van der Waals surface area (Å²) in [5, 5.41) is 0. The molecule has 5 heteroatoms. The summed E-state index contributed by atoms with van der Waals surface area (Å²) in [6, 6.07) is 0. The highest BCUT2D eigenvalue weighted by molar-refractivity contribution is 4.33. The lowest BCUT2D eigenvalue weighted by molar-refractivity contribution is 0.000930. The standard InChI is InChI=1S/C10H22O4.H3N/c1-3-11-5-7-13-9-10-14-8-6-12-4-2;/h3-10H2,1-2H3;1H3. The second-order valence-electron chi connectivity index (χ2n) is 2.62. The Balaban J connectivity index is 0. The fourth-order valence-corrected chi connectivity index (χ4v) is 0.846. The second kappa shape index (κ2) is 16.2. The van der Waals surface area contributed by atoms with Gasteiger partial charge in [-0.2, -0.15) is 0 Å². The van der Waals surface area contributed by atoms with Gasteiger partial charge in [0.2, 0.25) is 0 Å². The Morgan fingerprint density at radius 2 is 0.800 bits per heavy atom. The predicted molar refractivity (Wildman–Crippen MR) is 59.6 cm³/mol. The molecule has 0 aromatic heterocycles. The predicted octanol–water partition coefficient (Wildman–Crippen LogP) is 1.25. The third kappa shape index (κ3) is 16.5. The summed E-state index contributed by atoms with van der Waals surface area (Å²) in [4.78, 5) is 0. The van der Waals surface area contributed by atoms with E-state index in [-0.39, 0.29) is 6.15 Å². The maximum absolute atomic E-state index is 5.25. The second-order valence-corrected chi connectivity index (χ2v) is 2.62. The van der Waals surface area contributed by atoms with Gasteiger partial charge in [0.1, 0.15) is 0 Å². The Hall–Kier alpha value is -0.200. The maximum Gasteiger partial charge on any atom is 0.0701 e. The summed E-state index contributed by atoms with van der Waals surface area (Å²) in [5.41, 5.74) is 0. The van der Waals surface area contributed by atoms with Crippen LogP contribution >= 0.6 is 0 Å². The van der Waals surface area contributed by atoms with Crippen molar-refractivity contribution in [2.75, 3.05) is 52.9 Å². The first-order valence-corrected chi connectivity index (χ1v) is 5.22. The fourth-order valence-electron chi connectivity index (χ4n) is 0.846. The van der Waals surface area contributed by atoms with Crippen LogP contribution in [0.4, 0.5) is 0 Å². The first-order chi connectivity index (χ1) is 6.91. The van der Waals surface area contributed by atoms with Crippen LogP contribution in [0.15, 0.2) is 0 Å². The number of ether oxygens (including phenoxy) is 4. The van der Waals surface area contributed by atoms with Crippen molar-refractivity contribution < 1.29 is 18.9 Å². The van der Waals surface area contributed by atoms with Crippen LogP contribution < -0.4 is 6.15 Å². The number of hydrogen-bond donors (Lipinski definition) is 1. The van der Waals surface area contributed by atoms with Crippen LogP contribution in [-0.2, 0) is 18.9 Å². The van der Waals surface area contributed by atoms with Gasteiger partial charge in [-0.25, -0.2) is 0 Å². The normalized spacial score (nSPS) is 10.0. The van der Waals surface area contributed by atoms with Gasteiger partial charge in [-0.05, 0) is 13.8 Å². The van der Waals surface area contributed by atoms with E-state index in [1.807, 2.05) is 13.8 Å². The van der Waals surface area contributed by atoms with Gasteiger partial charge in [0.25, 0.3) is 0 Å². The van der Waals surface area contributed by atoms with E-state index in [4.69, 9.17) is 18.9 Å². The molecule has 0 heterocycles. The number of rotatable bonds is 11. The lowest BCUT2D eigenvalue weighted by atomic mass is 10.7. The number of hydrogen-bond acceptors (Lipinski definition) is 5. The molecule has 0 rings (SSSR count). The van der Waals surface area contributed by atoms with E-state index in [0.717, 1.165) is 13.2 Å². The maximum atomic E-state index is 5.25. The summed E-state index contributed by atoms with van der Waals surface area (Å²) in [7, 11) is 0. The summed E-state index contributed by atoms with van der Waals surface area (Å²) in [6.07, 6.45) is 0. The molecule has 0 bridgehead atoms. The van der Waals surface area contributed by atoms with Crippen molar-refractivity contribution in [3.63, 3.8) is 0 Å². The molecule has 0 aromatic rings. The Morgan fingerprint density at radius 1 is 0.533 bits per heavy atom. The largest absolute Gasteiger partial charge is 0.379 e. The van der Waals surface area contributed by atoms with Crippen molar-refractivity contribution in [3.8, 4) is 0 Å². The van der Waals surface area contributed by atoms with Crippen LogP contribution in [0.1, 0.15) is 13.8 Å². The van der Waals surface area contributed by atoms with Gasteiger partial charge in [-0.3, -0.25) is 0 Å². The van der Waals surface area contributed by atoms with E-state index in [0.29, 0.717) is 39.6 Å². The van der Waals surface area contributed by atoms with E-state index < -0.39 is 0 Å². The van der Waals surface area contributed by atoms with Gasteiger partial charge in [-0.1, -0.05) is 0 Å². The molecule has 0 aromatic carbocycles. The van der Waals surface area contributed by atoms with Crippen LogP contribution in [0.25, 0.3) is 0 Å². The zero-order chi connectivity index (χ0) is 10.5. The molecule has 0 aliphatic rings. The molecule has 15 heavy (non-hydrogen) atoms. The molecule has 0 aliphatic carbocycles. The monoisotopic (exact) mass is 223 g/mol. The van der Waals surface area contributed by atoms with Gasteiger partial charge in [0.15, 0.2) is 0 Å². The smallest absolute Gasteiger partial charge is 0.0701 e. The quantitative estimate of drug-likeness (QED) is 0.534. The van der Waals surface area contributed by atoms with Crippen LogP contribution in [0.2, 0.25) is 0 Å². The van der Waals surface area contributed by atoms with Crippen molar-refractivity contribution in [2.45, 2.75) is 13.8 Å². The average Bonchev–Trinajstić information content (AvgIpc) is 2.21. The highest BCUT2D eigenvalue weighted by Crippen LogP contribution is 1.81. The molecule has 0 aliphatic heterocycles. The molecule has 5 nitrogen and oxygen atoms in total. The minimum Gasteiger partial charge on any atom is -0.379 e. The van der Waals surface area contributed by atoms with E-state index in [2.05, 4.69) is 0 Å². The van der Waals surface area contributed by atoms with Crippen LogP contribution in [0.5, 0.6) is 0 Å². The van der Waals surface area contributed by atoms with Gasteiger partial charge < -0.3 is 25.1 Å². The van der Waals surface area contributed by atoms with Crippen molar-refractivity contribution >= 4 is 0 Å². The van der Waals surface area contributed by atoms with Crippen molar-refractivity contribution in [2.24, 2.45) is 0 Å². The van der Waals surface area contributed by atoms with Gasteiger partial charge >= 0.3 is 0 Å². The summed E-state index contributed by atoms with van der Waals surface area (Å²) >= 11 is 0. The lowest BCUT2D eigenvalue weighted by Gasteiger charge is -2.05. The highest BCUT2D eigenvalue weighted by atomic mass is 16.6. The van der Waals surface area contributed by atoms with E-state index in [1.165, 1.54) is 0 Å². The first-order valence-electron chi connectivity index (χ1n) is 5.22. The molecule has 3 N–H and O–H groups in total. The Kier molecular flexibility index (Phi) is 18.6. The van der Waals surface area contributed by atoms with Crippen molar-refractivity contribution in [1.29, 1.82) is 0 Å². The molecule has 0 amide bonds. The molecular formula is C10H25NO4. The highest BCUT2D eigenvalue weighted by Gasteiger charge is 1.90. The van der Waals surface area contributed by atoms with Crippen LogP contribution in [-0.4, -0.2) is 52.9 Å². The molecule has 94 valence electrons. The van der Waals surface area contributed by atoms with Gasteiger partial charge in [0, 0.05) is 13.2 Å².